The van der Waals surface area contributed by atoms with Gasteiger partial charge in [0.25, 0.3) is 10.1 Å². The smallest absolute Gasteiger partial charge is 0.308 e. The summed E-state index contributed by atoms with van der Waals surface area (Å²) in [5.74, 6) is -0.528. The maximum absolute atomic E-state index is 11.4. The van der Waals surface area contributed by atoms with E-state index in [1.807, 2.05) is 27.9 Å². The number of quaternary nitrogens is 1. The van der Waals surface area contributed by atoms with Gasteiger partial charge in [-0.15, -0.1) is 0 Å². The summed E-state index contributed by atoms with van der Waals surface area (Å²) in [6.07, 6.45) is 1.43. The van der Waals surface area contributed by atoms with Gasteiger partial charge in [0.05, 0.1) is 39.7 Å². The second-order valence-corrected chi connectivity index (χ2v) is 7.07. The van der Waals surface area contributed by atoms with E-state index in [4.69, 9.17) is 9.29 Å². The van der Waals surface area contributed by atoms with E-state index < -0.39 is 10.1 Å². The highest BCUT2D eigenvalue weighted by Crippen LogP contribution is 2.05. The van der Waals surface area contributed by atoms with Gasteiger partial charge in [-0.3, -0.25) is 9.35 Å². The van der Waals surface area contributed by atoms with E-state index in [-0.39, 0.29) is 17.6 Å². The van der Waals surface area contributed by atoms with Crippen molar-refractivity contribution in [3.05, 3.63) is 0 Å². The summed E-state index contributed by atoms with van der Waals surface area (Å²) >= 11 is 0. The standard InChI is InChI=1S/C12H25NO5S/c1-5-11(2)12(14)18-9-6-7-13(3,4)8-10-19(15,16)17/h11H,5-10H2,1-4H3/p+1. The average Bonchev–Trinajstić information content (AvgIpc) is 2.30. The SMILES string of the molecule is CCC(C)C(=O)OCCC[N+](C)(C)CCS(=O)(=O)O. The molecule has 0 aromatic carbocycles. The molecular formula is C12H26NO5S+. The summed E-state index contributed by atoms with van der Waals surface area (Å²) < 4.78 is 35.6. The first-order valence-corrected chi connectivity index (χ1v) is 8.12. The number of esters is 1. The first-order valence-electron chi connectivity index (χ1n) is 6.51. The van der Waals surface area contributed by atoms with Crippen LogP contribution in [-0.2, 0) is 19.6 Å². The number of carbonyl (C=O) groups excluding carboxylic acids is 1. The lowest BCUT2D eigenvalue weighted by molar-refractivity contribution is -0.888. The third kappa shape index (κ3) is 9.86. The van der Waals surface area contributed by atoms with Crippen LogP contribution in [0, 0.1) is 5.92 Å². The Morgan fingerprint density at radius 3 is 2.37 bits per heavy atom. The molecule has 0 aliphatic carbocycles. The zero-order valence-corrected chi connectivity index (χ0v) is 13.1. The normalized spacial score (nSPS) is 14.2. The van der Waals surface area contributed by atoms with Gasteiger partial charge < -0.3 is 9.22 Å². The molecule has 6 nitrogen and oxygen atoms in total. The van der Waals surface area contributed by atoms with Gasteiger partial charge in [0.15, 0.2) is 0 Å². The first-order chi connectivity index (χ1) is 8.57. The van der Waals surface area contributed by atoms with Crippen LogP contribution < -0.4 is 0 Å². The quantitative estimate of drug-likeness (QED) is 0.296. The molecule has 0 aliphatic heterocycles. The van der Waals surface area contributed by atoms with Gasteiger partial charge in [0.2, 0.25) is 0 Å². The van der Waals surface area contributed by atoms with Gasteiger partial charge in [0, 0.05) is 6.42 Å². The van der Waals surface area contributed by atoms with Crippen LogP contribution in [0.3, 0.4) is 0 Å². The lowest BCUT2D eigenvalue weighted by atomic mass is 10.1. The lowest BCUT2D eigenvalue weighted by Gasteiger charge is -2.29. The van der Waals surface area contributed by atoms with E-state index in [0.717, 1.165) is 6.42 Å². The molecule has 0 amide bonds. The van der Waals surface area contributed by atoms with E-state index in [1.165, 1.54) is 0 Å². The minimum absolute atomic E-state index is 0.0815. The molecule has 114 valence electrons. The Balaban J connectivity index is 3.90. The number of hydrogen-bond acceptors (Lipinski definition) is 4. The van der Waals surface area contributed by atoms with Crippen molar-refractivity contribution in [2.75, 3.05) is 39.5 Å². The Kier molecular flexibility index (Phi) is 7.54. The highest BCUT2D eigenvalue weighted by molar-refractivity contribution is 7.85. The third-order valence-electron chi connectivity index (χ3n) is 3.12. The van der Waals surface area contributed by atoms with Crippen LogP contribution in [0.1, 0.15) is 26.7 Å². The Morgan fingerprint density at radius 2 is 1.89 bits per heavy atom. The maximum atomic E-state index is 11.4. The molecule has 0 saturated heterocycles. The molecule has 7 heteroatoms. The fourth-order valence-corrected chi connectivity index (χ4v) is 2.17. The van der Waals surface area contributed by atoms with Crippen molar-refractivity contribution in [1.82, 2.24) is 0 Å². The van der Waals surface area contributed by atoms with Crippen molar-refractivity contribution in [3.8, 4) is 0 Å². The highest BCUT2D eigenvalue weighted by Gasteiger charge is 2.19. The summed E-state index contributed by atoms with van der Waals surface area (Å²) in [5, 5.41) is 0. The summed E-state index contributed by atoms with van der Waals surface area (Å²) in [6.45, 7) is 5.12. The first kappa shape index (κ1) is 18.3. The summed E-state index contributed by atoms with van der Waals surface area (Å²) in [7, 11) is -0.164. The molecule has 0 fully saturated rings. The molecule has 0 aromatic heterocycles. The molecule has 0 heterocycles. The van der Waals surface area contributed by atoms with E-state index in [0.29, 0.717) is 30.6 Å². The third-order valence-corrected chi connectivity index (χ3v) is 3.82. The van der Waals surface area contributed by atoms with E-state index in [2.05, 4.69) is 0 Å². The van der Waals surface area contributed by atoms with Gasteiger partial charge >= 0.3 is 5.97 Å². The maximum Gasteiger partial charge on any atom is 0.308 e. The van der Waals surface area contributed by atoms with Crippen molar-refractivity contribution in [2.24, 2.45) is 5.92 Å². The summed E-state index contributed by atoms with van der Waals surface area (Å²) in [5.41, 5.74) is 0. The summed E-state index contributed by atoms with van der Waals surface area (Å²) in [6, 6.07) is 0. The molecule has 19 heavy (non-hydrogen) atoms. The molecule has 0 aromatic rings. The summed E-state index contributed by atoms with van der Waals surface area (Å²) in [4.78, 5) is 11.4. The largest absolute Gasteiger partial charge is 0.465 e. The van der Waals surface area contributed by atoms with E-state index >= 15 is 0 Å². The molecular weight excluding hydrogens is 270 g/mol. The Bertz CT molecular complexity index is 378. The van der Waals surface area contributed by atoms with Crippen LogP contribution in [0.4, 0.5) is 0 Å². The zero-order valence-electron chi connectivity index (χ0n) is 12.3. The topological polar surface area (TPSA) is 80.7 Å². The predicted octanol–water partition coefficient (Wildman–Crippen LogP) is 0.930. The fraction of sp³-hybridized carbons (Fsp3) is 0.917. The molecule has 0 saturated carbocycles. The Hall–Kier alpha value is -0.660. The van der Waals surface area contributed by atoms with Crippen LogP contribution in [-0.4, -0.2) is 63.0 Å². The lowest BCUT2D eigenvalue weighted by Crippen LogP contribution is -2.44. The average molecular weight is 296 g/mol. The zero-order chi connectivity index (χ0) is 15.1. The van der Waals surface area contributed by atoms with Gasteiger partial charge in [-0.1, -0.05) is 13.8 Å². The molecule has 1 N–H and O–H groups in total. The van der Waals surface area contributed by atoms with Gasteiger partial charge in [-0.25, -0.2) is 0 Å². The van der Waals surface area contributed by atoms with E-state index in [9.17, 15) is 13.2 Å². The molecule has 0 aliphatic rings. The number of hydrogen-bond donors (Lipinski definition) is 1. The highest BCUT2D eigenvalue weighted by atomic mass is 32.2. The fourth-order valence-electron chi connectivity index (χ4n) is 1.45. The predicted molar refractivity (Wildman–Crippen MR) is 73.3 cm³/mol. The van der Waals surface area contributed by atoms with Crippen molar-refractivity contribution in [3.63, 3.8) is 0 Å². The van der Waals surface area contributed by atoms with Crippen LogP contribution in [0.2, 0.25) is 0 Å². The molecule has 0 radical (unpaired) electrons. The van der Waals surface area contributed by atoms with Gasteiger partial charge in [-0.2, -0.15) is 8.42 Å². The minimum Gasteiger partial charge on any atom is -0.465 e. The van der Waals surface area contributed by atoms with Crippen molar-refractivity contribution in [2.45, 2.75) is 26.7 Å². The molecule has 0 rings (SSSR count). The van der Waals surface area contributed by atoms with Crippen LogP contribution in [0.15, 0.2) is 0 Å². The minimum atomic E-state index is -3.92. The second-order valence-electron chi connectivity index (χ2n) is 5.50. The van der Waals surface area contributed by atoms with Crippen molar-refractivity contribution >= 4 is 16.1 Å². The molecule has 0 bridgehead atoms. The van der Waals surface area contributed by atoms with E-state index in [1.54, 1.807) is 0 Å². The molecule has 0 spiro atoms. The monoisotopic (exact) mass is 296 g/mol. The Labute approximate surface area is 116 Å². The van der Waals surface area contributed by atoms with Crippen LogP contribution >= 0.6 is 0 Å². The Morgan fingerprint density at radius 1 is 1.32 bits per heavy atom. The van der Waals surface area contributed by atoms with Gasteiger partial charge in [-0.05, 0) is 6.42 Å². The second kappa shape index (κ2) is 7.81. The number of nitrogens with zero attached hydrogens (tertiary/aromatic N) is 1. The van der Waals surface area contributed by atoms with Crippen molar-refractivity contribution in [1.29, 1.82) is 0 Å². The van der Waals surface area contributed by atoms with Crippen LogP contribution in [0.25, 0.3) is 0 Å². The number of rotatable bonds is 9. The van der Waals surface area contributed by atoms with Crippen molar-refractivity contribution < 1.29 is 27.0 Å². The molecule has 1 atom stereocenters. The van der Waals surface area contributed by atoms with Crippen LogP contribution in [0.5, 0.6) is 0 Å². The number of ether oxygens (including phenoxy) is 1. The molecule has 1 unspecified atom stereocenters. The number of carbonyl (C=O) groups is 1. The van der Waals surface area contributed by atoms with Gasteiger partial charge in [0.1, 0.15) is 5.75 Å².